The number of benzene rings is 2. The first-order valence-corrected chi connectivity index (χ1v) is 6.96. The summed E-state index contributed by atoms with van der Waals surface area (Å²) in [6.07, 6.45) is 0. The van der Waals surface area contributed by atoms with Crippen molar-refractivity contribution in [2.24, 2.45) is 0 Å². The highest BCUT2D eigenvalue weighted by Crippen LogP contribution is 2.14. The first-order chi connectivity index (χ1) is 11.2. The number of ether oxygens (including phenoxy) is 2. The van der Waals surface area contributed by atoms with E-state index in [1.807, 2.05) is 0 Å². The first-order valence-electron chi connectivity index (χ1n) is 6.96. The third-order valence-electron chi connectivity index (χ3n) is 2.95. The largest absolute Gasteiger partial charge is 0.497 e. The second-order valence-electron chi connectivity index (χ2n) is 4.48. The number of carbonyl (C=O) groups is 1. The topological polar surface area (TPSA) is 47.6 Å². The van der Waals surface area contributed by atoms with Crippen molar-refractivity contribution in [2.75, 3.05) is 20.3 Å². The summed E-state index contributed by atoms with van der Waals surface area (Å²) >= 11 is 0. The molecule has 2 rings (SSSR count). The quantitative estimate of drug-likeness (QED) is 0.863. The maximum absolute atomic E-state index is 13.3. The fourth-order valence-corrected chi connectivity index (χ4v) is 1.76. The van der Waals surface area contributed by atoms with E-state index in [2.05, 4.69) is 17.2 Å². The van der Waals surface area contributed by atoms with E-state index in [9.17, 15) is 9.18 Å². The number of rotatable bonds is 5. The highest BCUT2D eigenvalue weighted by molar-refractivity contribution is 5.94. The molecule has 1 amide bonds. The number of amides is 1. The van der Waals surface area contributed by atoms with Crippen LogP contribution in [-0.4, -0.2) is 26.2 Å². The zero-order valence-corrected chi connectivity index (χ0v) is 12.6. The molecule has 0 atom stereocenters. The zero-order valence-electron chi connectivity index (χ0n) is 12.6. The minimum atomic E-state index is -0.429. The standard InChI is InChI=1S/C18H16FNO3/c1-22-15-10-8-14(9-11-15)18(21)20-12-4-5-13-23-17-7-3-2-6-16(17)19/h2-3,6-11H,12-13H2,1H3,(H,20,21). The van der Waals surface area contributed by atoms with E-state index in [4.69, 9.17) is 9.47 Å². The minimum Gasteiger partial charge on any atom is -0.497 e. The number of hydrogen-bond donors (Lipinski definition) is 1. The molecule has 0 unspecified atom stereocenters. The monoisotopic (exact) mass is 313 g/mol. The molecular weight excluding hydrogens is 297 g/mol. The summed E-state index contributed by atoms with van der Waals surface area (Å²) < 4.78 is 23.5. The van der Waals surface area contributed by atoms with Gasteiger partial charge in [-0.1, -0.05) is 24.0 Å². The lowest BCUT2D eigenvalue weighted by Crippen LogP contribution is -2.23. The summed E-state index contributed by atoms with van der Waals surface area (Å²) in [4.78, 5) is 11.8. The molecule has 23 heavy (non-hydrogen) atoms. The second-order valence-corrected chi connectivity index (χ2v) is 4.48. The van der Waals surface area contributed by atoms with E-state index in [0.717, 1.165) is 0 Å². The van der Waals surface area contributed by atoms with Crippen LogP contribution in [0, 0.1) is 17.7 Å². The molecule has 2 aromatic carbocycles. The predicted molar refractivity (Wildman–Crippen MR) is 85.0 cm³/mol. The molecule has 4 nitrogen and oxygen atoms in total. The lowest BCUT2D eigenvalue weighted by molar-refractivity contribution is 0.0958. The maximum Gasteiger partial charge on any atom is 0.252 e. The lowest BCUT2D eigenvalue weighted by atomic mass is 10.2. The third kappa shape index (κ3) is 5.04. The van der Waals surface area contributed by atoms with E-state index >= 15 is 0 Å². The van der Waals surface area contributed by atoms with Crippen LogP contribution < -0.4 is 14.8 Å². The van der Waals surface area contributed by atoms with Crippen LogP contribution in [0.1, 0.15) is 10.4 Å². The highest BCUT2D eigenvalue weighted by Gasteiger charge is 2.03. The van der Waals surface area contributed by atoms with Gasteiger partial charge in [0.25, 0.3) is 5.91 Å². The number of methoxy groups -OCH3 is 1. The van der Waals surface area contributed by atoms with Gasteiger partial charge in [-0.15, -0.1) is 0 Å². The molecule has 118 valence electrons. The molecule has 0 aliphatic heterocycles. The minimum absolute atomic E-state index is 0.0549. The Balaban J connectivity index is 1.74. The van der Waals surface area contributed by atoms with Crippen molar-refractivity contribution in [3.63, 3.8) is 0 Å². The van der Waals surface area contributed by atoms with E-state index in [-0.39, 0.29) is 24.8 Å². The molecule has 0 saturated carbocycles. The average molecular weight is 313 g/mol. The Bertz CT molecular complexity index is 717. The van der Waals surface area contributed by atoms with Gasteiger partial charge in [0.05, 0.1) is 13.7 Å². The van der Waals surface area contributed by atoms with Crippen LogP contribution in [-0.2, 0) is 0 Å². The highest BCUT2D eigenvalue weighted by atomic mass is 19.1. The Morgan fingerprint density at radius 3 is 2.57 bits per heavy atom. The summed E-state index contributed by atoms with van der Waals surface area (Å²) in [6.45, 7) is 0.241. The van der Waals surface area contributed by atoms with Gasteiger partial charge in [-0.3, -0.25) is 4.79 Å². The lowest BCUT2D eigenvalue weighted by Gasteiger charge is -2.03. The van der Waals surface area contributed by atoms with Crippen molar-refractivity contribution in [2.45, 2.75) is 0 Å². The maximum atomic E-state index is 13.3. The molecule has 0 aliphatic rings. The van der Waals surface area contributed by atoms with Crippen LogP contribution >= 0.6 is 0 Å². The Morgan fingerprint density at radius 2 is 1.87 bits per heavy atom. The summed E-state index contributed by atoms with van der Waals surface area (Å²) in [6, 6.07) is 12.9. The van der Waals surface area contributed by atoms with Gasteiger partial charge < -0.3 is 14.8 Å². The number of carbonyl (C=O) groups excluding carboxylic acids is 1. The number of halogens is 1. The molecule has 0 fully saturated rings. The third-order valence-corrected chi connectivity index (χ3v) is 2.95. The Labute approximate surface area is 134 Å². The normalized spacial score (nSPS) is 9.48. The Hall–Kier alpha value is -3.00. The van der Waals surface area contributed by atoms with Crippen LogP contribution in [0.3, 0.4) is 0 Å². The predicted octanol–water partition coefficient (Wildman–Crippen LogP) is 2.65. The van der Waals surface area contributed by atoms with Gasteiger partial charge in [-0.25, -0.2) is 4.39 Å². The molecule has 1 N–H and O–H groups in total. The molecule has 0 heterocycles. The van der Waals surface area contributed by atoms with E-state index in [0.29, 0.717) is 11.3 Å². The van der Waals surface area contributed by atoms with Crippen molar-refractivity contribution >= 4 is 5.91 Å². The Kier molecular flexibility index (Phi) is 6.01. The van der Waals surface area contributed by atoms with Gasteiger partial charge >= 0.3 is 0 Å². The molecule has 0 aromatic heterocycles. The molecule has 2 aromatic rings. The van der Waals surface area contributed by atoms with Crippen molar-refractivity contribution < 1.29 is 18.7 Å². The molecule has 0 bridgehead atoms. The van der Waals surface area contributed by atoms with Crippen LogP contribution in [0.25, 0.3) is 0 Å². The summed E-state index contributed by atoms with van der Waals surface area (Å²) in [5.41, 5.74) is 0.523. The van der Waals surface area contributed by atoms with Gasteiger partial charge in [0.1, 0.15) is 12.4 Å². The van der Waals surface area contributed by atoms with Crippen LogP contribution in [0.15, 0.2) is 48.5 Å². The number of para-hydroxylation sites is 1. The van der Waals surface area contributed by atoms with Crippen LogP contribution in [0.4, 0.5) is 4.39 Å². The zero-order chi connectivity index (χ0) is 16.5. The Morgan fingerprint density at radius 1 is 1.13 bits per heavy atom. The number of nitrogens with one attached hydrogen (secondary N) is 1. The van der Waals surface area contributed by atoms with Gasteiger partial charge in [0, 0.05) is 5.56 Å². The molecule has 0 spiro atoms. The molecular formula is C18H16FNO3. The van der Waals surface area contributed by atoms with Gasteiger partial charge in [0.2, 0.25) is 0 Å². The molecule has 0 aliphatic carbocycles. The second kappa shape index (κ2) is 8.44. The molecule has 5 heteroatoms. The van der Waals surface area contributed by atoms with E-state index in [1.165, 1.54) is 12.1 Å². The number of hydrogen-bond acceptors (Lipinski definition) is 3. The fourth-order valence-electron chi connectivity index (χ4n) is 1.76. The van der Waals surface area contributed by atoms with Gasteiger partial charge in [-0.2, -0.15) is 0 Å². The van der Waals surface area contributed by atoms with Crippen LogP contribution in [0.2, 0.25) is 0 Å². The van der Waals surface area contributed by atoms with Gasteiger partial charge in [-0.05, 0) is 36.4 Å². The summed E-state index contributed by atoms with van der Waals surface area (Å²) in [5.74, 6) is 5.65. The average Bonchev–Trinajstić information content (AvgIpc) is 2.59. The SMILES string of the molecule is COc1ccc(C(=O)NCC#CCOc2ccccc2F)cc1. The summed E-state index contributed by atoms with van der Waals surface area (Å²) in [5, 5.41) is 2.66. The molecule has 0 saturated heterocycles. The van der Waals surface area contributed by atoms with Crippen LogP contribution in [0.5, 0.6) is 11.5 Å². The van der Waals surface area contributed by atoms with Crippen molar-refractivity contribution in [1.29, 1.82) is 0 Å². The fraction of sp³-hybridized carbons (Fsp3) is 0.167. The van der Waals surface area contributed by atoms with Gasteiger partial charge in [0.15, 0.2) is 11.6 Å². The van der Waals surface area contributed by atoms with E-state index < -0.39 is 5.82 Å². The van der Waals surface area contributed by atoms with Crippen molar-refractivity contribution in [3.05, 3.63) is 59.9 Å². The summed E-state index contributed by atoms with van der Waals surface area (Å²) in [7, 11) is 1.56. The van der Waals surface area contributed by atoms with E-state index in [1.54, 1.807) is 43.5 Å². The van der Waals surface area contributed by atoms with Crippen molar-refractivity contribution in [1.82, 2.24) is 5.32 Å². The van der Waals surface area contributed by atoms with Crippen molar-refractivity contribution in [3.8, 4) is 23.3 Å². The first kappa shape index (κ1) is 16.4. The molecule has 0 radical (unpaired) electrons. The smallest absolute Gasteiger partial charge is 0.252 e.